The van der Waals surface area contributed by atoms with Crippen molar-refractivity contribution >= 4 is 34.9 Å². The van der Waals surface area contributed by atoms with E-state index in [2.05, 4.69) is 0 Å². The fraction of sp³-hybridized carbons (Fsp3) is 0.217. The van der Waals surface area contributed by atoms with Crippen molar-refractivity contribution in [2.75, 3.05) is 6.54 Å². The van der Waals surface area contributed by atoms with E-state index in [1.807, 2.05) is 0 Å². The lowest BCUT2D eigenvalue weighted by molar-refractivity contribution is -0.385. The van der Waals surface area contributed by atoms with E-state index >= 15 is 0 Å². The number of para-hydroxylation sites is 1. The molecule has 2 aromatic rings. The number of amides is 3. The van der Waals surface area contributed by atoms with Crippen molar-refractivity contribution in [3.8, 4) is 0 Å². The smallest absolute Gasteiger partial charge is 0.282 e. The van der Waals surface area contributed by atoms with Crippen LogP contribution in [0.2, 0.25) is 0 Å². The van der Waals surface area contributed by atoms with Gasteiger partial charge in [0, 0.05) is 23.8 Å². The number of carbonyl (C=O) groups is 4. The zero-order valence-corrected chi connectivity index (χ0v) is 18.1. The molecule has 1 heterocycles. The Morgan fingerprint density at radius 3 is 2.00 bits per heavy atom. The molecule has 0 bridgehead atoms. The molecule has 12 heteroatoms. The Labute approximate surface area is 197 Å². The molecule has 35 heavy (non-hydrogen) atoms. The Bertz CT molecular complexity index is 1260. The summed E-state index contributed by atoms with van der Waals surface area (Å²) in [6, 6.07) is 9.59. The average molecular weight is 478 g/mol. The van der Waals surface area contributed by atoms with Gasteiger partial charge in [0.15, 0.2) is 5.78 Å². The average Bonchev–Trinajstić information content (AvgIpc) is 3.12. The van der Waals surface area contributed by atoms with Gasteiger partial charge in [-0.25, -0.2) is 5.01 Å². The summed E-state index contributed by atoms with van der Waals surface area (Å²) in [4.78, 5) is 73.7. The largest absolute Gasteiger partial charge is 0.292 e. The SMILES string of the molecule is O=C(CN(C(=O)c1ccccc1[N+](=O)[O-])N1C(=O)[C@H]2CC=CC[C@@H]2C1=O)c1ccc([N+](=O)[O-])cc1. The zero-order chi connectivity index (χ0) is 25.3. The highest BCUT2D eigenvalue weighted by Crippen LogP contribution is 2.36. The fourth-order valence-electron chi connectivity index (χ4n) is 4.20. The van der Waals surface area contributed by atoms with Gasteiger partial charge in [-0.2, -0.15) is 5.01 Å². The van der Waals surface area contributed by atoms with Crippen molar-refractivity contribution < 1.29 is 29.0 Å². The third-order valence-corrected chi connectivity index (χ3v) is 5.98. The number of hydrogen-bond donors (Lipinski definition) is 0. The van der Waals surface area contributed by atoms with Crippen molar-refractivity contribution in [3.63, 3.8) is 0 Å². The number of benzene rings is 2. The van der Waals surface area contributed by atoms with E-state index in [0.717, 1.165) is 18.2 Å². The number of carbonyl (C=O) groups excluding carboxylic acids is 4. The highest BCUT2D eigenvalue weighted by atomic mass is 16.6. The second-order valence-electron chi connectivity index (χ2n) is 8.01. The number of nitrogens with zero attached hydrogens (tertiary/aromatic N) is 4. The van der Waals surface area contributed by atoms with E-state index in [1.54, 1.807) is 12.2 Å². The molecule has 1 fully saturated rings. The van der Waals surface area contributed by atoms with Gasteiger partial charge < -0.3 is 0 Å². The monoisotopic (exact) mass is 478 g/mol. The summed E-state index contributed by atoms with van der Waals surface area (Å²) in [6.45, 7) is -0.785. The summed E-state index contributed by atoms with van der Waals surface area (Å²) in [5.41, 5.74) is -1.21. The normalized spacial score (nSPS) is 18.8. The molecule has 0 unspecified atom stereocenters. The predicted molar refractivity (Wildman–Crippen MR) is 119 cm³/mol. The van der Waals surface area contributed by atoms with Crippen LogP contribution in [-0.2, 0) is 9.59 Å². The van der Waals surface area contributed by atoms with E-state index in [4.69, 9.17) is 0 Å². The maximum atomic E-state index is 13.5. The summed E-state index contributed by atoms with van der Waals surface area (Å²) < 4.78 is 0. The minimum atomic E-state index is -1.07. The van der Waals surface area contributed by atoms with Gasteiger partial charge in [-0.15, -0.1) is 0 Å². The number of nitro groups is 2. The van der Waals surface area contributed by atoms with Gasteiger partial charge in [-0.1, -0.05) is 24.3 Å². The number of fused-ring (bicyclic) bond motifs is 1. The van der Waals surface area contributed by atoms with Crippen LogP contribution < -0.4 is 0 Å². The molecule has 2 aliphatic rings. The van der Waals surface area contributed by atoms with Crippen molar-refractivity contribution in [1.82, 2.24) is 10.0 Å². The van der Waals surface area contributed by atoms with Crippen LogP contribution in [-0.4, -0.2) is 49.9 Å². The molecule has 2 atom stereocenters. The van der Waals surface area contributed by atoms with Crippen LogP contribution in [0.4, 0.5) is 11.4 Å². The van der Waals surface area contributed by atoms with Crippen LogP contribution >= 0.6 is 0 Å². The molecule has 3 amide bonds. The number of ketones is 1. The summed E-state index contributed by atoms with van der Waals surface area (Å²) in [7, 11) is 0. The van der Waals surface area contributed by atoms with E-state index in [9.17, 15) is 39.4 Å². The van der Waals surface area contributed by atoms with Crippen molar-refractivity contribution in [1.29, 1.82) is 0 Å². The number of allylic oxidation sites excluding steroid dienone is 2. The number of Topliss-reactive ketones (excluding diaryl/α,β-unsaturated/α-hetero) is 1. The molecule has 12 nitrogen and oxygen atoms in total. The highest BCUT2D eigenvalue weighted by molar-refractivity contribution is 6.10. The Hall–Kier alpha value is -4.74. The lowest BCUT2D eigenvalue weighted by Gasteiger charge is -2.30. The van der Waals surface area contributed by atoms with Gasteiger partial charge in [0.1, 0.15) is 12.1 Å². The summed E-state index contributed by atoms with van der Waals surface area (Å²) in [5, 5.41) is 23.6. The van der Waals surface area contributed by atoms with Crippen LogP contribution in [0.15, 0.2) is 60.7 Å². The first-order valence-electron chi connectivity index (χ1n) is 10.6. The van der Waals surface area contributed by atoms with E-state index in [-0.39, 0.29) is 24.1 Å². The van der Waals surface area contributed by atoms with Crippen LogP contribution in [0, 0.1) is 32.1 Å². The van der Waals surface area contributed by atoms with E-state index < -0.39 is 63.0 Å². The molecule has 2 aromatic carbocycles. The first-order chi connectivity index (χ1) is 16.7. The van der Waals surface area contributed by atoms with Crippen LogP contribution in [0.25, 0.3) is 0 Å². The van der Waals surface area contributed by atoms with E-state index in [0.29, 0.717) is 10.0 Å². The Morgan fingerprint density at radius 1 is 0.886 bits per heavy atom. The van der Waals surface area contributed by atoms with Gasteiger partial charge >= 0.3 is 0 Å². The maximum absolute atomic E-state index is 13.5. The molecule has 1 saturated heterocycles. The number of non-ortho nitro benzene ring substituents is 1. The zero-order valence-electron chi connectivity index (χ0n) is 18.1. The molecule has 0 saturated carbocycles. The Balaban J connectivity index is 1.72. The molecule has 1 aliphatic heterocycles. The molecule has 4 rings (SSSR count). The number of hydrazine groups is 1. The number of imide groups is 1. The number of hydrogen-bond acceptors (Lipinski definition) is 8. The molecular weight excluding hydrogens is 460 g/mol. The standard InChI is InChI=1S/C23H18N4O8/c28-20(14-9-11-15(12-10-14)26(32)33)13-24(21(29)18-7-3-4-8-19(18)27(34)35)25-22(30)16-5-1-2-6-17(16)23(25)31/h1-4,7-12,16-17H,5-6,13H2/t16-,17-/m0/s1. The van der Waals surface area contributed by atoms with Crippen LogP contribution in [0.5, 0.6) is 0 Å². The molecule has 0 N–H and O–H groups in total. The molecular formula is C23H18N4O8. The summed E-state index contributed by atoms with van der Waals surface area (Å²) in [5.74, 6) is -4.55. The third kappa shape index (κ3) is 4.28. The molecule has 178 valence electrons. The Morgan fingerprint density at radius 2 is 1.46 bits per heavy atom. The minimum absolute atomic E-state index is 0.00543. The second-order valence-corrected chi connectivity index (χ2v) is 8.01. The van der Waals surface area contributed by atoms with Gasteiger partial charge in [-0.3, -0.25) is 39.4 Å². The molecule has 0 radical (unpaired) electrons. The third-order valence-electron chi connectivity index (χ3n) is 5.98. The van der Waals surface area contributed by atoms with Crippen LogP contribution in [0.1, 0.15) is 33.6 Å². The second kappa shape index (κ2) is 9.25. The molecule has 1 aliphatic carbocycles. The van der Waals surface area contributed by atoms with Crippen molar-refractivity contribution in [3.05, 3.63) is 92.0 Å². The maximum Gasteiger partial charge on any atom is 0.282 e. The summed E-state index contributed by atoms with van der Waals surface area (Å²) >= 11 is 0. The van der Waals surface area contributed by atoms with Gasteiger partial charge in [0.2, 0.25) is 0 Å². The van der Waals surface area contributed by atoms with Gasteiger partial charge in [0.05, 0.1) is 21.7 Å². The van der Waals surface area contributed by atoms with E-state index in [1.165, 1.54) is 30.3 Å². The summed E-state index contributed by atoms with van der Waals surface area (Å²) in [6.07, 6.45) is 4.09. The number of rotatable bonds is 7. The van der Waals surface area contributed by atoms with Crippen molar-refractivity contribution in [2.24, 2.45) is 11.8 Å². The first-order valence-corrected chi connectivity index (χ1v) is 10.6. The van der Waals surface area contributed by atoms with Gasteiger partial charge in [-0.05, 0) is 31.0 Å². The number of nitro benzene ring substituents is 2. The van der Waals surface area contributed by atoms with Gasteiger partial charge in [0.25, 0.3) is 29.1 Å². The lowest BCUT2D eigenvalue weighted by atomic mass is 9.85. The quantitative estimate of drug-likeness (QED) is 0.193. The lowest BCUT2D eigenvalue weighted by Crippen LogP contribution is -2.52. The topological polar surface area (TPSA) is 161 Å². The molecule has 0 spiro atoms. The van der Waals surface area contributed by atoms with Crippen molar-refractivity contribution in [2.45, 2.75) is 12.8 Å². The highest BCUT2D eigenvalue weighted by Gasteiger charge is 2.51. The van der Waals surface area contributed by atoms with Crippen LogP contribution in [0.3, 0.4) is 0 Å². The Kier molecular flexibility index (Phi) is 6.19. The fourth-order valence-corrected chi connectivity index (χ4v) is 4.20. The predicted octanol–water partition coefficient (Wildman–Crippen LogP) is 2.69. The first kappa shape index (κ1) is 23.4. The minimum Gasteiger partial charge on any atom is -0.292 e. The molecule has 0 aromatic heterocycles.